The van der Waals surface area contributed by atoms with Gasteiger partial charge in [0, 0.05) is 29.6 Å². The lowest BCUT2D eigenvalue weighted by Crippen LogP contribution is -2.29. The number of carbonyl (C=O) groups is 1. The maximum atomic E-state index is 12.8. The van der Waals surface area contributed by atoms with Gasteiger partial charge in [-0.15, -0.1) is 0 Å². The molecule has 5 heteroatoms. The number of aliphatic hydroxyl groups excluding tert-OH is 1. The van der Waals surface area contributed by atoms with Crippen molar-refractivity contribution in [2.24, 2.45) is 0 Å². The standard InChI is InChI=1S/C26H21N3O2/c30-21-14-15-29(17-21)26(31)20-11-13-25-23(16-20)24(27-28-25)12-10-19-8-4-5-9-22(19)18-6-2-1-3-7-18/h1-9,11,13,16,21,30H,14-15,17H2,(H,27,28)/t21-/m1/s1. The molecule has 1 fully saturated rings. The highest BCUT2D eigenvalue weighted by atomic mass is 16.3. The number of rotatable bonds is 2. The molecule has 1 amide bonds. The lowest BCUT2D eigenvalue weighted by atomic mass is 10.00. The fraction of sp³-hybridized carbons (Fsp3) is 0.154. The van der Waals surface area contributed by atoms with E-state index >= 15 is 0 Å². The first-order valence-corrected chi connectivity index (χ1v) is 10.3. The minimum atomic E-state index is -0.437. The number of benzene rings is 3. The van der Waals surface area contributed by atoms with Gasteiger partial charge in [-0.1, -0.05) is 54.5 Å². The smallest absolute Gasteiger partial charge is 0.253 e. The SMILES string of the molecule is O=C(c1ccc2[nH]nc(C#Cc3ccccc3-c3ccccc3)c2c1)N1CC[C@@H](O)C1. The van der Waals surface area contributed by atoms with Gasteiger partial charge in [0.1, 0.15) is 5.69 Å². The number of likely N-dealkylation sites (tertiary alicyclic amines) is 1. The Hall–Kier alpha value is -3.88. The van der Waals surface area contributed by atoms with Crippen LogP contribution in [0.4, 0.5) is 0 Å². The molecule has 5 nitrogen and oxygen atoms in total. The van der Waals surface area contributed by atoms with Gasteiger partial charge in [0.2, 0.25) is 0 Å². The van der Waals surface area contributed by atoms with Crippen molar-refractivity contribution in [2.45, 2.75) is 12.5 Å². The third-order valence-electron chi connectivity index (χ3n) is 5.59. The number of nitrogens with zero attached hydrogens (tertiary/aromatic N) is 2. The van der Waals surface area contributed by atoms with Gasteiger partial charge in [0.05, 0.1) is 11.6 Å². The summed E-state index contributed by atoms with van der Waals surface area (Å²) in [4.78, 5) is 14.5. The molecular formula is C26H21N3O2. The molecule has 3 aromatic carbocycles. The zero-order valence-corrected chi connectivity index (χ0v) is 16.9. The van der Waals surface area contributed by atoms with Crippen LogP contribution in [0.2, 0.25) is 0 Å². The van der Waals surface area contributed by atoms with E-state index in [1.165, 1.54) is 0 Å². The Morgan fingerprint density at radius 2 is 1.84 bits per heavy atom. The average Bonchev–Trinajstić information content (AvgIpc) is 3.43. The Morgan fingerprint density at radius 3 is 2.65 bits per heavy atom. The van der Waals surface area contributed by atoms with Gasteiger partial charge in [-0.3, -0.25) is 9.89 Å². The van der Waals surface area contributed by atoms with E-state index in [0.717, 1.165) is 27.6 Å². The highest BCUT2D eigenvalue weighted by Crippen LogP contribution is 2.24. The summed E-state index contributed by atoms with van der Waals surface area (Å²) in [6.45, 7) is 0.956. The molecule has 0 radical (unpaired) electrons. The second-order valence-corrected chi connectivity index (χ2v) is 7.69. The third kappa shape index (κ3) is 3.81. The van der Waals surface area contributed by atoms with Crippen molar-refractivity contribution in [1.29, 1.82) is 0 Å². The second-order valence-electron chi connectivity index (χ2n) is 7.69. The topological polar surface area (TPSA) is 69.2 Å². The normalized spacial score (nSPS) is 15.6. The summed E-state index contributed by atoms with van der Waals surface area (Å²) >= 11 is 0. The van der Waals surface area contributed by atoms with Crippen LogP contribution in [-0.2, 0) is 0 Å². The molecule has 1 atom stereocenters. The Kier molecular flexibility index (Phi) is 4.99. The van der Waals surface area contributed by atoms with Crippen LogP contribution >= 0.6 is 0 Å². The number of aliphatic hydroxyl groups is 1. The van der Waals surface area contributed by atoms with Crippen molar-refractivity contribution in [2.75, 3.05) is 13.1 Å². The molecule has 0 spiro atoms. The summed E-state index contributed by atoms with van der Waals surface area (Å²) in [5.41, 5.74) is 5.12. The third-order valence-corrected chi connectivity index (χ3v) is 5.59. The molecule has 0 aliphatic carbocycles. The fourth-order valence-electron chi connectivity index (χ4n) is 3.94. The quantitative estimate of drug-likeness (QED) is 0.496. The number of carbonyl (C=O) groups excluding carboxylic acids is 1. The van der Waals surface area contributed by atoms with Gasteiger partial charge in [-0.25, -0.2) is 0 Å². The van der Waals surface area contributed by atoms with E-state index in [2.05, 4.69) is 40.2 Å². The molecule has 5 rings (SSSR count). The van der Waals surface area contributed by atoms with Crippen LogP contribution in [0.25, 0.3) is 22.0 Å². The highest BCUT2D eigenvalue weighted by Gasteiger charge is 2.25. The number of fused-ring (bicyclic) bond motifs is 1. The van der Waals surface area contributed by atoms with E-state index < -0.39 is 6.10 Å². The van der Waals surface area contributed by atoms with Crippen LogP contribution in [0.5, 0.6) is 0 Å². The average molecular weight is 407 g/mol. The zero-order chi connectivity index (χ0) is 21.2. The van der Waals surface area contributed by atoms with Crippen molar-refractivity contribution in [1.82, 2.24) is 15.1 Å². The van der Waals surface area contributed by atoms with Crippen LogP contribution < -0.4 is 0 Å². The van der Waals surface area contributed by atoms with Crippen LogP contribution in [-0.4, -0.2) is 45.3 Å². The summed E-state index contributed by atoms with van der Waals surface area (Å²) in [5, 5.41) is 17.9. The number of β-amino-alcohol motifs (C(OH)–C–C–N with tert-alkyl or cyclic N) is 1. The summed E-state index contributed by atoms with van der Waals surface area (Å²) in [5.74, 6) is 6.36. The van der Waals surface area contributed by atoms with Gasteiger partial charge in [0.15, 0.2) is 0 Å². The lowest BCUT2D eigenvalue weighted by molar-refractivity contribution is 0.0765. The van der Waals surface area contributed by atoms with Crippen molar-refractivity contribution in [3.63, 3.8) is 0 Å². The predicted octanol–water partition coefficient (Wildman–Crippen LogP) is 3.84. The molecule has 1 aliphatic rings. The summed E-state index contributed by atoms with van der Waals surface area (Å²) < 4.78 is 0. The number of nitrogens with one attached hydrogen (secondary N) is 1. The van der Waals surface area contributed by atoms with Crippen LogP contribution in [0, 0.1) is 11.8 Å². The predicted molar refractivity (Wildman–Crippen MR) is 120 cm³/mol. The van der Waals surface area contributed by atoms with E-state index in [4.69, 9.17) is 0 Å². The van der Waals surface area contributed by atoms with Crippen LogP contribution in [0.3, 0.4) is 0 Å². The molecule has 31 heavy (non-hydrogen) atoms. The molecule has 1 aromatic heterocycles. The second kappa shape index (κ2) is 8.10. The molecule has 1 aliphatic heterocycles. The minimum Gasteiger partial charge on any atom is -0.391 e. The molecule has 2 N–H and O–H groups in total. The first-order valence-electron chi connectivity index (χ1n) is 10.3. The highest BCUT2D eigenvalue weighted by molar-refractivity contribution is 5.99. The summed E-state index contributed by atoms with van der Waals surface area (Å²) in [7, 11) is 0. The molecule has 0 bridgehead atoms. The number of amides is 1. The van der Waals surface area contributed by atoms with Crippen LogP contribution in [0.15, 0.2) is 72.8 Å². The zero-order valence-electron chi connectivity index (χ0n) is 16.9. The lowest BCUT2D eigenvalue weighted by Gasteiger charge is -2.15. The number of hydrogen-bond acceptors (Lipinski definition) is 3. The Morgan fingerprint density at radius 1 is 1.03 bits per heavy atom. The van der Waals surface area contributed by atoms with Crippen molar-refractivity contribution >= 4 is 16.8 Å². The Balaban J connectivity index is 1.49. The van der Waals surface area contributed by atoms with E-state index in [1.807, 2.05) is 48.5 Å². The minimum absolute atomic E-state index is 0.0759. The maximum absolute atomic E-state index is 12.8. The first-order chi connectivity index (χ1) is 15.2. The van der Waals surface area contributed by atoms with Gasteiger partial charge < -0.3 is 10.0 Å². The largest absolute Gasteiger partial charge is 0.391 e. The van der Waals surface area contributed by atoms with Gasteiger partial charge >= 0.3 is 0 Å². The number of aromatic amines is 1. The number of hydrogen-bond donors (Lipinski definition) is 2. The molecule has 0 unspecified atom stereocenters. The van der Waals surface area contributed by atoms with Crippen LogP contribution in [0.1, 0.15) is 28.0 Å². The summed E-state index contributed by atoms with van der Waals surface area (Å²) in [6.07, 6.45) is 0.185. The Bertz CT molecular complexity index is 1310. The molecule has 1 saturated heterocycles. The molecule has 4 aromatic rings. The molecule has 0 saturated carbocycles. The van der Waals surface area contributed by atoms with Crippen molar-refractivity contribution in [3.8, 4) is 23.0 Å². The van der Waals surface area contributed by atoms with E-state index in [1.54, 1.807) is 11.0 Å². The molecular weight excluding hydrogens is 386 g/mol. The molecule has 2 heterocycles. The van der Waals surface area contributed by atoms with Gasteiger partial charge in [-0.2, -0.15) is 5.10 Å². The fourth-order valence-corrected chi connectivity index (χ4v) is 3.94. The summed E-state index contributed by atoms with van der Waals surface area (Å²) in [6, 6.07) is 23.7. The molecule has 152 valence electrons. The van der Waals surface area contributed by atoms with Crippen molar-refractivity contribution in [3.05, 3.63) is 89.6 Å². The number of H-pyrrole nitrogens is 1. The van der Waals surface area contributed by atoms with E-state index in [0.29, 0.717) is 30.8 Å². The Labute approximate surface area is 180 Å². The van der Waals surface area contributed by atoms with Gasteiger partial charge in [0.25, 0.3) is 5.91 Å². The number of aromatic nitrogens is 2. The van der Waals surface area contributed by atoms with E-state index in [9.17, 15) is 9.90 Å². The van der Waals surface area contributed by atoms with Crippen molar-refractivity contribution < 1.29 is 9.90 Å². The monoisotopic (exact) mass is 407 g/mol. The van der Waals surface area contributed by atoms with E-state index in [-0.39, 0.29) is 5.91 Å². The first kappa shape index (κ1) is 19.1. The van der Waals surface area contributed by atoms with Gasteiger partial charge in [-0.05, 0) is 47.7 Å². The maximum Gasteiger partial charge on any atom is 0.253 e.